The first-order chi connectivity index (χ1) is 16.6. The number of para-hydroxylation sites is 1. The molecule has 0 bridgehead atoms. The smallest absolute Gasteiger partial charge is 0.407 e. The highest BCUT2D eigenvalue weighted by Gasteiger charge is 2.30. The number of carbonyl (C=O) groups is 1. The lowest BCUT2D eigenvalue weighted by Crippen LogP contribution is -2.44. The Morgan fingerprint density at radius 3 is 2.74 bits per heavy atom. The summed E-state index contributed by atoms with van der Waals surface area (Å²) >= 11 is 6.43. The molecule has 5 rings (SSSR count). The third-order valence-electron chi connectivity index (χ3n) is 6.30. The Hall–Kier alpha value is -3.65. The van der Waals surface area contributed by atoms with Gasteiger partial charge in [0.1, 0.15) is 11.4 Å². The molecule has 9 heteroatoms. The topological polar surface area (TPSA) is 107 Å². The Balaban J connectivity index is 1.33. The fourth-order valence-electron chi connectivity index (χ4n) is 4.64. The van der Waals surface area contributed by atoms with Crippen molar-refractivity contribution in [3.63, 3.8) is 0 Å². The molecule has 2 heterocycles. The van der Waals surface area contributed by atoms with Gasteiger partial charge in [0.05, 0.1) is 16.7 Å². The average Bonchev–Trinajstić information content (AvgIpc) is 3.28. The van der Waals surface area contributed by atoms with E-state index in [2.05, 4.69) is 25.5 Å². The lowest BCUT2D eigenvalue weighted by Gasteiger charge is -2.36. The zero-order valence-corrected chi connectivity index (χ0v) is 19.2. The van der Waals surface area contributed by atoms with Crippen LogP contribution < -0.4 is 5.32 Å². The average molecular weight is 477 g/mol. The minimum Gasteiger partial charge on any atom is -0.465 e. The third kappa shape index (κ3) is 4.68. The van der Waals surface area contributed by atoms with E-state index in [-0.39, 0.29) is 12.1 Å². The highest BCUT2D eigenvalue weighted by molar-refractivity contribution is 6.33. The van der Waals surface area contributed by atoms with E-state index in [1.165, 1.54) is 0 Å². The summed E-state index contributed by atoms with van der Waals surface area (Å²) in [5.74, 6) is 0.460. The summed E-state index contributed by atoms with van der Waals surface area (Å²) in [6, 6.07) is 17.5. The van der Waals surface area contributed by atoms with Crippen molar-refractivity contribution in [2.75, 3.05) is 5.32 Å². The molecule has 0 radical (unpaired) electrons. The number of amides is 1. The van der Waals surface area contributed by atoms with Crippen LogP contribution in [0.2, 0.25) is 5.02 Å². The molecule has 1 aliphatic rings. The first-order valence-corrected chi connectivity index (χ1v) is 11.7. The molecule has 174 valence electrons. The molecule has 4 aromatic rings. The molecule has 8 nitrogen and oxygen atoms in total. The molecule has 1 aliphatic carbocycles. The van der Waals surface area contributed by atoms with Crippen LogP contribution in [0, 0.1) is 0 Å². The summed E-state index contributed by atoms with van der Waals surface area (Å²) in [4.78, 5) is 22.6. The number of nitrogens with zero attached hydrogens (tertiary/aromatic N) is 4. The fraction of sp³-hybridized carbons (Fsp3) is 0.280. The van der Waals surface area contributed by atoms with Crippen LogP contribution >= 0.6 is 11.6 Å². The molecule has 0 aliphatic heterocycles. The number of benzene rings is 2. The number of halogens is 1. The Kier molecular flexibility index (Phi) is 6.31. The largest absolute Gasteiger partial charge is 0.465 e. The highest BCUT2D eigenvalue weighted by Crippen LogP contribution is 2.31. The van der Waals surface area contributed by atoms with Crippen LogP contribution in [0.5, 0.6) is 0 Å². The molecular weight excluding hydrogens is 452 g/mol. The normalized spacial score (nSPS) is 18.0. The molecular formula is C25H25ClN6O2. The van der Waals surface area contributed by atoms with Gasteiger partial charge in [0, 0.05) is 24.0 Å². The van der Waals surface area contributed by atoms with Gasteiger partial charge in [-0.3, -0.25) is 5.10 Å². The first-order valence-electron chi connectivity index (χ1n) is 11.3. The van der Waals surface area contributed by atoms with Crippen LogP contribution in [0.15, 0.2) is 60.8 Å². The van der Waals surface area contributed by atoms with Crippen LogP contribution in [0.25, 0.3) is 22.3 Å². The molecule has 1 amide bonds. The number of nitrogens with one attached hydrogen (secondary N) is 2. The molecule has 2 atom stereocenters. The number of anilines is 1. The summed E-state index contributed by atoms with van der Waals surface area (Å²) in [7, 11) is 0. The van der Waals surface area contributed by atoms with E-state index in [4.69, 9.17) is 11.6 Å². The number of hydrogen-bond donors (Lipinski definition) is 3. The second-order valence-electron chi connectivity index (χ2n) is 8.57. The maximum Gasteiger partial charge on any atom is 0.407 e. The summed E-state index contributed by atoms with van der Waals surface area (Å²) in [6.07, 6.45) is 4.04. The van der Waals surface area contributed by atoms with Gasteiger partial charge >= 0.3 is 6.09 Å². The highest BCUT2D eigenvalue weighted by atomic mass is 35.5. The molecule has 0 saturated heterocycles. The molecule has 0 spiro atoms. The number of carboxylic acid groups (broad SMARTS) is 1. The third-order valence-corrected chi connectivity index (χ3v) is 6.58. The monoisotopic (exact) mass is 476 g/mol. The van der Waals surface area contributed by atoms with E-state index in [0.717, 1.165) is 35.7 Å². The van der Waals surface area contributed by atoms with Crippen molar-refractivity contribution in [1.29, 1.82) is 0 Å². The van der Waals surface area contributed by atoms with E-state index >= 15 is 0 Å². The van der Waals surface area contributed by atoms with Crippen molar-refractivity contribution < 1.29 is 9.90 Å². The van der Waals surface area contributed by atoms with Crippen molar-refractivity contribution >= 4 is 34.5 Å². The van der Waals surface area contributed by atoms with Crippen molar-refractivity contribution in [3.8, 4) is 11.4 Å². The van der Waals surface area contributed by atoms with Gasteiger partial charge in [0.2, 0.25) is 5.95 Å². The van der Waals surface area contributed by atoms with Gasteiger partial charge in [-0.2, -0.15) is 5.10 Å². The van der Waals surface area contributed by atoms with Crippen molar-refractivity contribution in [2.24, 2.45) is 0 Å². The Morgan fingerprint density at radius 1 is 1.12 bits per heavy atom. The minimum atomic E-state index is -0.898. The molecule has 2 aromatic heterocycles. The predicted octanol–water partition coefficient (Wildman–Crippen LogP) is 5.58. The van der Waals surface area contributed by atoms with Crippen LogP contribution in [0.3, 0.4) is 0 Å². The maximum absolute atomic E-state index is 12.0. The first kappa shape index (κ1) is 22.2. The molecule has 3 N–H and O–H groups in total. The zero-order valence-electron chi connectivity index (χ0n) is 18.5. The Morgan fingerprint density at radius 2 is 1.91 bits per heavy atom. The van der Waals surface area contributed by atoms with Gasteiger partial charge in [-0.05, 0) is 37.3 Å². The minimum absolute atomic E-state index is 0.0568. The van der Waals surface area contributed by atoms with E-state index in [0.29, 0.717) is 35.3 Å². The second-order valence-corrected chi connectivity index (χ2v) is 8.97. The van der Waals surface area contributed by atoms with Gasteiger partial charge in [-0.1, -0.05) is 60.1 Å². The quantitative estimate of drug-likeness (QED) is 0.335. The van der Waals surface area contributed by atoms with E-state index in [9.17, 15) is 9.90 Å². The molecule has 0 unspecified atom stereocenters. The number of rotatable bonds is 6. The van der Waals surface area contributed by atoms with Gasteiger partial charge in [0.15, 0.2) is 0 Å². The van der Waals surface area contributed by atoms with Crippen LogP contribution in [-0.2, 0) is 6.54 Å². The van der Waals surface area contributed by atoms with Crippen molar-refractivity contribution in [3.05, 3.63) is 71.4 Å². The van der Waals surface area contributed by atoms with E-state index < -0.39 is 6.09 Å². The van der Waals surface area contributed by atoms with Gasteiger partial charge < -0.3 is 15.3 Å². The lowest BCUT2D eigenvalue weighted by atomic mass is 9.90. The van der Waals surface area contributed by atoms with Crippen molar-refractivity contribution in [1.82, 2.24) is 25.1 Å². The second kappa shape index (κ2) is 9.69. The lowest BCUT2D eigenvalue weighted by molar-refractivity contribution is 0.105. The Labute approximate surface area is 202 Å². The SMILES string of the molecule is O=C(O)N(Cc1ccccc1)[C@H]1CCC[C@@H](Nc2ncc(Cl)c(-c3n[nH]c4ccccc34)n2)C1. The molecule has 2 aromatic carbocycles. The summed E-state index contributed by atoms with van der Waals surface area (Å²) in [6.45, 7) is 0.376. The van der Waals surface area contributed by atoms with Gasteiger partial charge in [-0.25, -0.2) is 14.8 Å². The van der Waals surface area contributed by atoms with Crippen LogP contribution in [-0.4, -0.2) is 48.3 Å². The van der Waals surface area contributed by atoms with Gasteiger partial charge in [0.25, 0.3) is 0 Å². The number of H-pyrrole nitrogens is 1. The van der Waals surface area contributed by atoms with E-state index in [1.807, 2.05) is 54.6 Å². The van der Waals surface area contributed by atoms with Crippen LogP contribution in [0.4, 0.5) is 10.7 Å². The number of aromatic amines is 1. The van der Waals surface area contributed by atoms with Crippen molar-refractivity contribution in [2.45, 2.75) is 44.3 Å². The molecule has 1 fully saturated rings. The van der Waals surface area contributed by atoms with E-state index in [1.54, 1.807) is 11.1 Å². The van der Waals surface area contributed by atoms with Gasteiger partial charge in [-0.15, -0.1) is 0 Å². The fourth-order valence-corrected chi connectivity index (χ4v) is 4.82. The van der Waals surface area contributed by atoms with Crippen LogP contribution in [0.1, 0.15) is 31.2 Å². The Bertz CT molecular complexity index is 1300. The molecule has 34 heavy (non-hydrogen) atoms. The maximum atomic E-state index is 12.0. The summed E-state index contributed by atoms with van der Waals surface area (Å²) < 4.78 is 0. The standard InChI is InChI=1S/C25H25ClN6O2/c26-20-14-27-24(29-23(20)22-19-11-4-5-12-21(19)30-31-22)28-17-9-6-10-18(13-17)32(25(33)34)15-16-7-2-1-3-8-16/h1-5,7-8,11-12,14,17-18H,6,9-10,13,15H2,(H,30,31)(H,33,34)(H,27,28,29)/t17-,18+/m1/s1. The number of aromatic nitrogens is 4. The predicted molar refractivity (Wildman–Crippen MR) is 132 cm³/mol. The summed E-state index contributed by atoms with van der Waals surface area (Å²) in [5, 5.41) is 22.1. The molecule has 1 saturated carbocycles. The zero-order chi connectivity index (χ0) is 23.5. The number of fused-ring (bicyclic) bond motifs is 1. The summed E-state index contributed by atoms with van der Waals surface area (Å²) in [5.41, 5.74) is 3.12. The number of hydrogen-bond acceptors (Lipinski definition) is 5.